The maximum Gasteiger partial charge on any atom is 0.336 e. The van der Waals surface area contributed by atoms with E-state index in [1.54, 1.807) is 6.08 Å². The smallest absolute Gasteiger partial charge is 0.336 e. The monoisotopic (exact) mass is 814 g/mol. The normalized spacial score (nSPS) is 34.4. The van der Waals surface area contributed by atoms with Crippen LogP contribution >= 0.6 is 0 Å². The molecular formula is C44H62O14. The summed E-state index contributed by atoms with van der Waals surface area (Å²) in [5, 5.41) is 52.4. The molecule has 1 saturated heterocycles. The number of carbonyl (C=O) groups excluding carboxylic acids is 4. The minimum atomic E-state index is -1.90. The quantitative estimate of drug-likeness (QED) is 0.0731. The Morgan fingerprint density at radius 2 is 1.43 bits per heavy atom. The molecule has 0 aromatic heterocycles. The molecule has 5 N–H and O–H groups in total. The Bertz CT molecular complexity index is 1700. The third-order valence-electron chi connectivity index (χ3n) is 13.6. The molecular weight excluding hydrogens is 752 g/mol. The second-order valence-electron chi connectivity index (χ2n) is 18.1. The van der Waals surface area contributed by atoms with Gasteiger partial charge in [-0.15, -0.1) is 0 Å². The van der Waals surface area contributed by atoms with E-state index in [4.69, 9.17) is 18.9 Å². The summed E-state index contributed by atoms with van der Waals surface area (Å²) in [4.78, 5) is 66.6. The van der Waals surface area contributed by atoms with Crippen molar-refractivity contribution in [1.82, 2.24) is 0 Å². The van der Waals surface area contributed by atoms with E-state index in [2.05, 4.69) is 13.8 Å². The van der Waals surface area contributed by atoms with E-state index in [0.717, 1.165) is 18.4 Å². The largest absolute Gasteiger partial charge is 0.478 e. The van der Waals surface area contributed by atoms with Crippen LogP contribution in [-0.2, 0) is 42.9 Å². The molecule has 0 aromatic carbocycles. The zero-order valence-electron chi connectivity index (χ0n) is 34.6. The van der Waals surface area contributed by atoms with Crippen molar-refractivity contribution in [2.75, 3.05) is 39.6 Å². The van der Waals surface area contributed by atoms with Crippen LogP contribution in [0.1, 0.15) is 80.1 Å². The van der Waals surface area contributed by atoms with E-state index in [0.29, 0.717) is 12.8 Å². The molecule has 5 aliphatic rings. The number of carboxylic acid groups (broad SMARTS) is 1. The zero-order chi connectivity index (χ0) is 42.7. The number of rotatable bonds is 14. The Balaban J connectivity index is 1.41. The number of cyclic esters (lactones) is 2. The van der Waals surface area contributed by atoms with Gasteiger partial charge in [0.25, 0.3) is 0 Å². The number of aliphatic hydroxyl groups is 4. The van der Waals surface area contributed by atoms with Crippen molar-refractivity contribution in [2.45, 2.75) is 91.3 Å². The first kappa shape index (κ1) is 45.2. The van der Waals surface area contributed by atoms with Gasteiger partial charge in [-0.3, -0.25) is 9.59 Å². The average molecular weight is 815 g/mol. The number of esters is 4. The molecule has 14 heteroatoms. The van der Waals surface area contributed by atoms with Crippen LogP contribution in [0, 0.1) is 65.1 Å². The predicted molar refractivity (Wildman–Crippen MR) is 208 cm³/mol. The Labute approximate surface area is 340 Å². The number of aliphatic hydroxyl groups excluding tert-OH is 3. The summed E-state index contributed by atoms with van der Waals surface area (Å²) in [7, 11) is 0. The number of aliphatic carboxylic acids is 1. The first-order chi connectivity index (χ1) is 27.4. The number of allylic oxidation sites excluding steroid dienone is 4. The van der Waals surface area contributed by atoms with Gasteiger partial charge in [-0.05, 0) is 97.4 Å². The van der Waals surface area contributed by atoms with Gasteiger partial charge in [0.2, 0.25) is 0 Å². The number of hydrogen-bond acceptors (Lipinski definition) is 13. The van der Waals surface area contributed by atoms with Crippen molar-refractivity contribution in [2.24, 2.45) is 65.1 Å². The standard InChI is InChI=1S/C44H62O14/c1-23(2)31-8-7-26(17-45)13-27(31)14-28(18-46)40(51)58-44-12-10-33(25(5)6)35(37(44)42(53)57-22-44)15-29(19-47)39(50)56-21-43(54)11-9-32(24(3)4)34-16-30(38(48)49)20-55-41(52)36(34)43/h13-16,23-25,27,31-37,45-47,54H,7-12,17-22H2,1-6H3,(H,48,49)/b28-14+,29-15+/t27-,31-,32-,33-,34-,35-,36-,37-,43-,44-/m1/s1. The highest BCUT2D eigenvalue weighted by atomic mass is 16.6. The van der Waals surface area contributed by atoms with E-state index in [1.165, 1.54) is 12.2 Å². The molecule has 14 nitrogen and oxygen atoms in total. The molecule has 0 bridgehead atoms. The summed E-state index contributed by atoms with van der Waals surface area (Å²) < 4.78 is 22.7. The minimum absolute atomic E-state index is 0.0160. The van der Waals surface area contributed by atoms with Crippen molar-refractivity contribution in [3.05, 3.63) is 46.6 Å². The Morgan fingerprint density at radius 1 is 0.810 bits per heavy atom. The van der Waals surface area contributed by atoms with Gasteiger partial charge in [-0.25, -0.2) is 14.4 Å². The lowest BCUT2D eigenvalue weighted by molar-refractivity contribution is -0.181. The number of carboxylic acids is 1. The molecule has 3 aliphatic carbocycles. The minimum Gasteiger partial charge on any atom is -0.478 e. The van der Waals surface area contributed by atoms with Crippen LogP contribution in [-0.4, -0.2) is 106 Å². The van der Waals surface area contributed by atoms with Gasteiger partial charge in [0.15, 0.2) is 5.60 Å². The highest BCUT2D eigenvalue weighted by Gasteiger charge is 2.61. The number of hydrogen-bond donors (Lipinski definition) is 5. The van der Waals surface area contributed by atoms with Crippen LogP contribution in [0.4, 0.5) is 0 Å². The molecule has 0 aromatic rings. The van der Waals surface area contributed by atoms with Gasteiger partial charge in [0.1, 0.15) is 31.3 Å². The summed E-state index contributed by atoms with van der Waals surface area (Å²) in [6.07, 6.45) is 9.34. The fourth-order valence-corrected chi connectivity index (χ4v) is 10.3. The summed E-state index contributed by atoms with van der Waals surface area (Å²) in [6.45, 7) is 9.16. The molecule has 2 heterocycles. The topological polar surface area (TPSA) is 223 Å². The molecule has 10 atom stereocenters. The van der Waals surface area contributed by atoms with E-state index in [-0.39, 0.29) is 84.2 Å². The van der Waals surface area contributed by atoms with Crippen molar-refractivity contribution < 1.29 is 68.5 Å². The van der Waals surface area contributed by atoms with Gasteiger partial charge in [-0.1, -0.05) is 65.8 Å². The van der Waals surface area contributed by atoms with E-state index < -0.39 is 91.1 Å². The molecule has 0 radical (unpaired) electrons. The lowest BCUT2D eigenvalue weighted by atomic mass is 9.61. The van der Waals surface area contributed by atoms with Gasteiger partial charge >= 0.3 is 29.8 Å². The maximum atomic E-state index is 13.9. The van der Waals surface area contributed by atoms with Crippen LogP contribution in [0.2, 0.25) is 0 Å². The number of carbonyl (C=O) groups is 5. The summed E-state index contributed by atoms with van der Waals surface area (Å²) in [6, 6.07) is 0. The van der Waals surface area contributed by atoms with Crippen LogP contribution in [0.25, 0.3) is 0 Å². The fourth-order valence-electron chi connectivity index (χ4n) is 10.3. The lowest BCUT2D eigenvalue weighted by Gasteiger charge is -2.46. The van der Waals surface area contributed by atoms with Crippen molar-refractivity contribution in [3.8, 4) is 0 Å². The summed E-state index contributed by atoms with van der Waals surface area (Å²) in [5.41, 5.74) is -2.77. The van der Waals surface area contributed by atoms with Gasteiger partial charge in [-0.2, -0.15) is 0 Å². The first-order valence-corrected chi connectivity index (χ1v) is 20.7. The second kappa shape index (κ2) is 18.6. The number of ether oxygens (including phenoxy) is 4. The zero-order valence-corrected chi connectivity index (χ0v) is 34.6. The molecule has 5 rings (SSSR count). The average Bonchev–Trinajstić information content (AvgIpc) is 3.39. The van der Waals surface area contributed by atoms with Crippen molar-refractivity contribution >= 4 is 29.8 Å². The Morgan fingerprint density at radius 3 is 2.03 bits per heavy atom. The molecule has 58 heavy (non-hydrogen) atoms. The van der Waals surface area contributed by atoms with Crippen LogP contribution in [0.3, 0.4) is 0 Å². The second-order valence-corrected chi connectivity index (χ2v) is 18.1. The van der Waals surface area contributed by atoms with E-state index in [9.17, 15) is 49.5 Å². The SMILES string of the molecule is CC(C)[C@H]1CC[C@@](O)(COC(=O)/C(=C/[C@@H]2[C@@H](C(C)C)CC[C@@]3(OC(=O)/C(=C/[C@H]4C=C(CO)CC[C@@H]4C(C)C)CO)COC(=O)[C@@H]23)CO)[C@H]2C(=O)OCC(C(=O)O)=C[C@H]12. The van der Waals surface area contributed by atoms with Gasteiger partial charge < -0.3 is 44.5 Å². The van der Waals surface area contributed by atoms with Crippen LogP contribution in [0.5, 0.6) is 0 Å². The lowest BCUT2D eigenvalue weighted by Crippen LogP contribution is -2.55. The Kier molecular flexibility index (Phi) is 14.5. The molecule has 0 unspecified atom stereocenters. The molecule has 0 amide bonds. The molecule has 0 spiro atoms. The van der Waals surface area contributed by atoms with E-state index >= 15 is 0 Å². The predicted octanol–water partition coefficient (Wildman–Crippen LogP) is 3.70. The third kappa shape index (κ3) is 9.30. The maximum absolute atomic E-state index is 13.9. The third-order valence-corrected chi connectivity index (χ3v) is 13.6. The molecule has 3 fully saturated rings. The number of fused-ring (bicyclic) bond motifs is 2. The van der Waals surface area contributed by atoms with E-state index in [1.807, 2.05) is 33.8 Å². The van der Waals surface area contributed by atoms with Crippen LogP contribution in [0.15, 0.2) is 46.6 Å². The highest BCUT2D eigenvalue weighted by Crippen LogP contribution is 2.52. The van der Waals surface area contributed by atoms with Gasteiger partial charge in [0, 0.05) is 0 Å². The van der Waals surface area contributed by atoms with Crippen LogP contribution < -0.4 is 0 Å². The summed E-state index contributed by atoms with van der Waals surface area (Å²) >= 11 is 0. The Hall–Kier alpha value is -3.85. The van der Waals surface area contributed by atoms with Crippen molar-refractivity contribution in [3.63, 3.8) is 0 Å². The molecule has 2 saturated carbocycles. The summed E-state index contributed by atoms with van der Waals surface area (Å²) in [5.74, 6) is -8.32. The fraction of sp³-hybridized carbons (Fsp3) is 0.705. The van der Waals surface area contributed by atoms with Gasteiger partial charge in [0.05, 0.1) is 42.5 Å². The first-order valence-electron chi connectivity index (χ1n) is 20.7. The highest BCUT2D eigenvalue weighted by molar-refractivity contribution is 5.91. The molecule has 322 valence electrons. The molecule has 2 aliphatic heterocycles. The van der Waals surface area contributed by atoms with Crippen molar-refractivity contribution in [1.29, 1.82) is 0 Å².